The molecule has 0 bridgehead atoms. The van der Waals surface area contributed by atoms with Gasteiger partial charge >= 0.3 is 0 Å². The van der Waals surface area contributed by atoms with Gasteiger partial charge in [-0.15, -0.1) is 0 Å². The van der Waals surface area contributed by atoms with Gasteiger partial charge in [0.1, 0.15) is 4.64 Å². The number of hydrogen-bond acceptors (Lipinski definition) is 1. The summed E-state index contributed by atoms with van der Waals surface area (Å²) in [6.45, 7) is 0. The van der Waals surface area contributed by atoms with Crippen LogP contribution in [0, 0.1) is 4.64 Å². The number of hydrogen-bond donors (Lipinski definition) is 1. The number of H-pyrrole nitrogens is 1. The Bertz CT molecular complexity index is 236. The van der Waals surface area contributed by atoms with Crippen LogP contribution in [0.25, 0.3) is 0 Å². The van der Waals surface area contributed by atoms with Gasteiger partial charge in [0.25, 0.3) is 0 Å². The molecule has 0 amide bonds. The van der Waals surface area contributed by atoms with Crippen molar-refractivity contribution in [3.8, 4) is 0 Å². The summed E-state index contributed by atoms with van der Waals surface area (Å²) in [6.07, 6.45) is 3.00. The van der Waals surface area contributed by atoms with Crippen molar-refractivity contribution >= 4 is 28.1 Å². The minimum atomic E-state index is 0.790. The zero-order valence-electron chi connectivity index (χ0n) is 5.43. The number of aromatic nitrogens is 1. The number of rotatable bonds is 2. The van der Waals surface area contributed by atoms with Crippen LogP contribution in [-0.4, -0.2) is 10.3 Å². The standard InChI is InChI=1S/C7H8BrNS/c8-4-3-6-1-2-7(10)9-5-6/h1-2,5H,3-4H2,(H,9,10). The van der Waals surface area contributed by atoms with Crippen molar-refractivity contribution in [3.05, 3.63) is 28.5 Å². The summed E-state index contributed by atoms with van der Waals surface area (Å²) in [5.41, 5.74) is 1.28. The van der Waals surface area contributed by atoms with Gasteiger partial charge in [0, 0.05) is 11.5 Å². The Labute approximate surface area is 73.6 Å². The van der Waals surface area contributed by atoms with Crippen LogP contribution in [0.4, 0.5) is 0 Å². The number of alkyl halides is 1. The molecule has 0 saturated carbocycles. The van der Waals surface area contributed by atoms with Crippen LogP contribution < -0.4 is 0 Å². The maximum atomic E-state index is 4.89. The van der Waals surface area contributed by atoms with E-state index in [1.54, 1.807) is 0 Å². The molecule has 1 rings (SSSR count). The topological polar surface area (TPSA) is 15.8 Å². The second-order valence-corrected chi connectivity index (χ2v) is 3.23. The Morgan fingerprint density at radius 2 is 2.30 bits per heavy atom. The highest BCUT2D eigenvalue weighted by Crippen LogP contribution is 1.99. The van der Waals surface area contributed by atoms with Gasteiger partial charge in [0.2, 0.25) is 0 Å². The van der Waals surface area contributed by atoms with E-state index < -0.39 is 0 Å². The van der Waals surface area contributed by atoms with Crippen LogP contribution in [-0.2, 0) is 6.42 Å². The Morgan fingerprint density at radius 1 is 1.50 bits per heavy atom. The van der Waals surface area contributed by atoms with Crippen molar-refractivity contribution < 1.29 is 0 Å². The molecule has 0 fully saturated rings. The van der Waals surface area contributed by atoms with E-state index in [0.29, 0.717) is 0 Å². The van der Waals surface area contributed by atoms with E-state index in [4.69, 9.17) is 12.2 Å². The molecule has 0 atom stereocenters. The first-order valence-corrected chi connectivity index (χ1v) is 4.59. The molecular weight excluding hydrogens is 210 g/mol. The summed E-state index contributed by atoms with van der Waals surface area (Å²) in [7, 11) is 0. The summed E-state index contributed by atoms with van der Waals surface area (Å²) in [5.74, 6) is 0. The smallest absolute Gasteiger partial charge is 0.103 e. The molecular formula is C7H8BrNS. The molecule has 0 saturated heterocycles. The molecule has 0 aliphatic heterocycles. The maximum Gasteiger partial charge on any atom is 0.103 e. The Kier molecular flexibility index (Phi) is 3.09. The van der Waals surface area contributed by atoms with Crippen molar-refractivity contribution in [1.82, 2.24) is 4.98 Å². The monoisotopic (exact) mass is 217 g/mol. The lowest BCUT2D eigenvalue weighted by molar-refractivity contribution is 1.12. The van der Waals surface area contributed by atoms with E-state index in [2.05, 4.69) is 20.9 Å². The van der Waals surface area contributed by atoms with Gasteiger partial charge in [-0.1, -0.05) is 34.2 Å². The maximum absolute atomic E-state index is 4.89. The van der Waals surface area contributed by atoms with E-state index in [-0.39, 0.29) is 0 Å². The van der Waals surface area contributed by atoms with Gasteiger partial charge in [-0.25, -0.2) is 0 Å². The Balaban J connectivity index is 2.79. The fourth-order valence-electron chi connectivity index (χ4n) is 0.707. The molecule has 1 aromatic rings. The summed E-state index contributed by atoms with van der Waals surface area (Å²) in [6, 6.07) is 3.95. The van der Waals surface area contributed by atoms with Crippen LogP contribution in [0.1, 0.15) is 5.56 Å². The van der Waals surface area contributed by atoms with Crippen molar-refractivity contribution in [2.45, 2.75) is 6.42 Å². The van der Waals surface area contributed by atoms with Crippen molar-refractivity contribution in [1.29, 1.82) is 0 Å². The Hall–Kier alpha value is -0.150. The molecule has 0 aromatic carbocycles. The average Bonchev–Trinajstić information content (AvgIpc) is 1.95. The SMILES string of the molecule is S=c1ccc(CCBr)c[nH]1. The van der Waals surface area contributed by atoms with E-state index in [0.717, 1.165) is 16.4 Å². The van der Waals surface area contributed by atoms with Gasteiger partial charge < -0.3 is 4.98 Å². The highest BCUT2D eigenvalue weighted by Gasteiger charge is 1.87. The number of aromatic amines is 1. The minimum Gasteiger partial charge on any atom is -0.353 e. The van der Waals surface area contributed by atoms with Crippen LogP contribution in [0.3, 0.4) is 0 Å². The molecule has 0 unspecified atom stereocenters. The number of halogens is 1. The highest BCUT2D eigenvalue weighted by atomic mass is 79.9. The molecule has 10 heavy (non-hydrogen) atoms. The van der Waals surface area contributed by atoms with Crippen molar-refractivity contribution in [3.63, 3.8) is 0 Å². The van der Waals surface area contributed by atoms with E-state index in [1.165, 1.54) is 5.56 Å². The lowest BCUT2D eigenvalue weighted by atomic mass is 10.2. The van der Waals surface area contributed by atoms with Gasteiger partial charge in [0.05, 0.1) is 0 Å². The fraction of sp³-hybridized carbons (Fsp3) is 0.286. The number of pyridine rings is 1. The van der Waals surface area contributed by atoms with Crippen molar-refractivity contribution in [2.75, 3.05) is 5.33 Å². The second-order valence-electron chi connectivity index (χ2n) is 2.00. The van der Waals surface area contributed by atoms with Crippen LogP contribution in [0.5, 0.6) is 0 Å². The average molecular weight is 218 g/mol. The first kappa shape index (κ1) is 7.95. The van der Waals surface area contributed by atoms with E-state index in [1.807, 2.05) is 18.3 Å². The van der Waals surface area contributed by atoms with Gasteiger partial charge in [-0.2, -0.15) is 0 Å². The summed E-state index contributed by atoms with van der Waals surface area (Å²) in [5, 5.41) is 0.998. The molecule has 1 N–H and O–H groups in total. The first-order valence-electron chi connectivity index (χ1n) is 3.06. The van der Waals surface area contributed by atoms with Crippen LogP contribution in [0.2, 0.25) is 0 Å². The summed E-state index contributed by atoms with van der Waals surface area (Å²) in [4.78, 5) is 2.98. The fourth-order valence-corrected chi connectivity index (χ4v) is 1.29. The predicted molar refractivity (Wildman–Crippen MR) is 49.1 cm³/mol. The van der Waals surface area contributed by atoms with Crippen molar-refractivity contribution in [2.24, 2.45) is 0 Å². The molecule has 1 heterocycles. The molecule has 1 aromatic heterocycles. The largest absolute Gasteiger partial charge is 0.353 e. The predicted octanol–water partition coefficient (Wildman–Crippen LogP) is 2.68. The molecule has 0 aliphatic carbocycles. The molecule has 3 heteroatoms. The molecule has 1 nitrogen and oxygen atoms in total. The lowest BCUT2D eigenvalue weighted by Gasteiger charge is -1.94. The van der Waals surface area contributed by atoms with Gasteiger partial charge in [-0.3, -0.25) is 0 Å². The van der Waals surface area contributed by atoms with E-state index in [9.17, 15) is 0 Å². The van der Waals surface area contributed by atoms with Crippen LogP contribution in [0.15, 0.2) is 18.3 Å². The van der Waals surface area contributed by atoms with Gasteiger partial charge in [-0.05, 0) is 18.1 Å². The molecule has 54 valence electrons. The lowest BCUT2D eigenvalue weighted by Crippen LogP contribution is -1.85. The van der Waals surface area contributed by atoms with E-state index >= 15 is 0 Å². The third-order valence-corrected chi connectivity index (χ3v) is 1.88. The molecule has 0 radical (unpaired) electrons. The minimum absolute atomic E-state index is 0.790. The third-order valence-electron chi connectivity index (χ3n) is 1.23. The summed E-state index contributed by atoms with van der Waals surface area (Å²) < 4.78 is 0.790. The normalized spacial score (nSPS) is 9.70. The Morgan fingerprint density at radius 3 is 2.80 bits per heavy atom. The molecule has 0 aliphatic rings. The number of aryl methyl sites for hydroxylation is 1. The molecule has 0 spiro atoms. The second kappa shape index (κ2) is 3.88. The summed E-state index contributed by atoms with van der Waals surface area (Å²) >= 11 is 8.25. The quantitative estimate of drug-likeness (QED) is 0.596. The zero-order valence-corrected chi connectivity index (χ0v) is 7.83. The van der Waals surface area contributed by atoms with Gasteiger partial charge in [0.15, 0.2) is 0 Å². The zero-order chi connectivity index (χ0) is 7.40. The third kappa shape index (κ3) is 2.23. The number of nitrogens with one attached hydrogen (secondary N) is 1. The highest BCUT2D eigenvalue weighted by molar-refractivity contribution is 9.09. The van der Waals surface area contributed by atoms with Crippen LogP contribution >= 0.6 is 28.1 Å². The first-order chi connectivity index (χ1) is 4.83.